The molecule has 0 spiro atoms. The number of halogens is 1. The van der Waals surface area contributed by atoms with E-state index in [1.165, 1.54) is 11.6 Å². The van der Waals surface area contributed by atoms with Gasteiger partial charge >= 0.3 is 0 Å². The minimum atomic E-state index is -0.181. The van der Waals surface area contributed by atoms with E-state index in [4.69, 9.17) is 12.2 Å². The summed E-state index contributed by atoms with van der Waals surface area (Å²) >= 11 is 5.59. The molecule has 0 radical (unpaired) electrons. The molecule has 29 heavy (non-hydrogen) atoms. The van der Waals surface area contributed by atoms with Crippen molar-refractivity contribution >= 4 is 23.0 Å². The van der Waals surface area contributed by atoms with Gasteiger partial charge in [0, 0.05) is 38.9 Å². The summed E-state index contributed by atoms with van der Waals surface area (Å²) in [6.45, 7) is 4.97. The van der Waals surface area contributed by atoms with Gasteiger partial charge < -0.3 is 10.2 Å². The van der Waals surface area contributed by atoms with E-state index in [1.54, 1.807) is 18.3 Å². The van der Waals surface area contributed by atoms with Crippen molar-refractivity contribution in [3.8, 4) is 0 Å². The Balaban J connectivity index is 1.26. The molecule has 3 aromatic rings. The van der Waals surface area contributed by atoms with Gasteiger partial charge in [-0.15, -0.1) is 0 Å². The summed E-state index contributed by atoms with van der Waals surface area (Å²) in [4.78, 5) is 4.50. The first-order valence-electron chi connectivity index (χ1n) is 9.75. The van der Waals surface area contributed by atoms with E-state index in [1.807, 2.05) is 35.1 Å². The van der Waals surface area contributed by atoms with E-state index in [2.05, 4.69) is 32.3 Å². The Morgan fingerprint density at radius 2 is 1.72 bits per heavy atom. The second kappa shape index (κ2) is 9.15. The summed E-state index contributed by atoms with van der Waals surface area (Å²) < 4.78 is 15.3. The molecule has 1 aliphatic heterocycles. The fourth-order valence-corrected chi connectivity index (χ4v) is 3.79. The molecule has 0 bridgehead atoms. The van der Waals surface area contributed by atoms with Crippen molar-refractivity contribution in [1.29, 1.82) is 0 Å². The van der Waals surface area contributed by atoms with Crippen LogP contribution in [0.15, 0.2) is 67.0 Å². The molecule has 0 saturated carbocycles. The number of hydrogen-bond donors (Lipinski definition) is 1. The molecule has 1 aromatic heterocycles. The topological polar surface area (TPSA) is 36.3 Å². The average Bonchev–Trinajstić information content (AvgIpc) is 3.16. The zero-order chi connectivity index (χ0) is 20.1. The molecule has 1 N–H and O–H groups in total. The summed E-state index contributed by atoms with van der Waals surface area (Å²) in [5.74, 6) is -0.181. The van der Waals surface area contributed by atoms with Gasteiger partial charge in [-0.3, -0.25) is 9.58 Å². The maximum Gasteiger partial charge on any atom is 0.173 e. The number of piperazine rings is 1. The molecular formula is C22H24FN5S. The smallest absolute Gasteiger partial charge is 0.173 e. The van der Waals surface area contributed by atoms with Crippen molar-refractivity contribution < 1.29 is 4.39 Å². The third kappa shape index (κ3) is 5.40. The largest absolute Gasteiger partial charge is 0.346 e. The number of hydrogen-bond acceptors (Lipinski definition) is 3. The maximum atomic E-state index is 13.4. The van der Waals surface area contributed by atoms with Gasteiger partial charge in [-0.25, -0.2) is 4.39 Å². The van der Waals surface area contributed by atoms with E-state index in [-0.39, 0.29) is 5.82 Å². The second-order valence-corrected chi connectivity index (χ2v) is 7.62. The molecule has 5 nitrogen and oxygen atoms in total. The molecule has 0 unspecified atom stereocenters. The van der Waals surface area contributed by atoms with E-state index in [9.17, 15) is 4.39 Å². The summed E-state index contributed by atoms with van der Waals surface area (Å²) in [7, 11) is 0. The molecule has 1 aliphatic rings. The minimum Gasteiger partial charge on any atom is -0.346 e. The SMILES string of the molecule is Fc1cccc(CN2CCN(C(=S)Nc3cnn(Cc4ccccc4)c3)CC2)c1. The first-order chi connectivity index (χ1) is 14.2. The fourth-order valence-electron chi connectivity index (χ4n) is 3.49. The van der Waals surface area contributed by atoms with Crippen LogP contribution in [0.2, 0.25) is 0 Å². The van der Waals surface area contributed by atoms with Gasteiger partial charge in [0.15, 0.2) is 5.11 Å². The zero-order valence-corrected chi connectivity index (χ0v) is 17.0. The van der Waals surface area contributed by atoms with E-state index < -0.39 is 0 Å². The molecule has 0 amide bonds. The Labute approximate surface area is 175 Å². The van der Waals surface area contributed by atoms with E-state index in [0.29, 0.717) is 0 Å². The summed E-state index contributed by atoms with van der Waals surface area (Å²) in [6.07, 6.45) is 3.77. The monoisotopic (exact) mass is 409 g/mol. The van der Waals surface area contributed by atoms with Crippen molar-refractivity contribution in [2.75, 3.05) is 31.5 Å². The van der Waals surface area contributed by atoms with Gasteiger partial charge in [0.1, 0.15) is 5.82 Å². The number of benzene rings is 2. The molecular weight excluding hydrogens is 385 g/mol. The highest BCUT2D eigenvalue weighted by molar-refractivity contribution is 7.80. The number of rotatable bonds is 5. The summed E-state index contributed by atoms with van der Waals surface area (Å²) in [6, 6.07) is 17.1. The zero-order valence-electron chi connectivity index (χ0n) is 16.2. The molecule has 2 heterocycles. The lowest BCUT2D eigenvalue weighted by molar-refractivity contribution is 0.177. The van der Waals surface area contributed by atoms with Crippen LogP contribution in [0, 0.1) is 5.82 Å². The molecule has 0 aliphatic carbocycles. The molecule has 1 saturated heterocycles. The Bertz CT molecular complexity index is 951. The highest BCUT2D eigenvalue weighted by atomic mass is 32.1. The molecule has 0 atom stereocenters. The first-order valence-corrected chi connectivity index (χ1v) is 10.2. The van der Waals surface area contributed by atoms with Gasteiger partial charge in [0.2, 0.25) is 0 Å². The molecule has 4 rings (SSSR count). The second-order valence-electron chi connectivity index (χ2n) is 7.24. The van der Waals surface area contributed by atoms with Crippen molar-refractivity contribution in [2.45, 2.75) is 13.1 Å². The van der Waals surface area contributed by atoms with Gasteiger partial charge in [-0.2, -0.15) is 5.10 Å². The van der Waals surface area contributed by atoms with Gasteiger partial charge in [-0.05, 0) is 35.5 Å². The predicted octanol–water partition coefficient (Wildman–Crippen LogP) is 3.59. The number of nitrogens with zero attached hydrogens (tertiary/aromatic N) is 4. The Morgan fingerprint density at radius 1 is 0.966 bits per heavy atom. The van der Waals surface area contributed by atoms with Gasteiger partial charge in [-0.1, -0.05) is 42.5 Å². The Morgan fingerprint density at radius 3 is 2.48 bits per heavy atom. The molecule has 1 fully saturated rings. The lowest BCUT2D eigenvalue weighted by atomic mass is 10.2. The van der Waals surface area contributed by atoms with Gasteiger partial charge in [0.05, 0.1) is 18.4 Å². The highest BCUT2D eigenvalue weighted by Gasteiger charge is 2.19. The van der Waals surface area contributed by atoms with Crippen LogP contribution in [0.3, 0.4) is 0 Å². The number of nitrogens with one attached hydrogen (secondary N) is 1. The summed E-state index contributed by atoms with van der Waals surface area (Å²) in [5.41, 5.74) is 3.11. The third-order valence-corrected chi connectivity index (χ3v) is 5.39. The van der Waals surface area contributed by atoms with Crippen LogP contribution in [0.4, 0.5) is 10.1 Å². The van der Waals surface area contributed by atoms with Crippen molar-refractivity contribution in [3.63, 3.8) is 0 Å². The Kier molecular flexibility index (Phi) is 6.17. The summed E-state index contributed by atoms with van der Waals surface area (Å²) in [5, 5.41) is 8.43. The normalized spacial score (nSPS) is 14.7. The minimum absolute atomic E-state index is 0.181. The standard InChI is InChI=1S/C22H24FN5S/c23-20-8-4-7-19(13-20)15-26-9-11-27(12-10-26)22(29)25-21-14-24-28(17-21)16-18-5-2-1-3-6-18/h1-8,13-14,17H,9-12,15-16H2,(H,25,29). The number of anilines is 1. The average molecular weight is 410 g/mol. The quantitative estimate of drug-likeness (QED) is 0.652. The maximum absolute atomic E-state index is 13.4. The van der Waals surface area contributed by atoms with Crippen LogP contribution in [0.5, 0.6) is 0 Å². The van der Waals surface area contributed by atoms with Gasteiger partial charge in [0.25, 0.3) is 0 Å². The van der Waals surface area contributed by atoms with Crippen LogP contribution in [0.1, 0.15) is 11.1 Å². The van der Waals surface area contributed by atoms with Crippen molar-refractivity contribution in [1.82, 2.24) is 19.6 Å². The lowest BCUT2D eigenvalue weighted by Crippen LogP contribution is -2.49. The number of aromatic nitrogens is 2. The van der Waals surface area contributed by atoms with Crippen LogP contribution >= 0.6 is 12.2 Å². The van der Waals surface area contributed by atoms with Crippen LogP contribution < -0.4 is 5.32 Å². The van der Waals surface area contributed by atoms with Crippen molar-refractivity contribution in [2.24, 2.45) is 0 Å². The third-order valence-electron chi connectivity index (χ3n) is 5.03. The van der Waals surface area contributed by atoms with E-state index in [0.717, 1.165) is 55.6 Å². The fraction of sp³-hybridized carbons (Fsp3) is 0.273. The Hall–Kier alpha value is -2.77. The van der Waals surface area contributed by atoms with Crippen molar-refractivity contribution in [3.05, 3.63) is 83.9 Å². The highest BCUT2D eigenvalue weighted by Crippen LogP contribution is 2.13. The predicted molar refractivity (Wildman–Crippen MR) is 117 cm³/mol. The van der Waals surface area contributed by atoms with Crippen LogP contribution in [0.25, 0.3) is 0 Å². The first kappa shape index (κ1) is 19.5. The lowest BCUT2D eigenvalue weighted by Gasteiger charge is -2.36. The molecule has 7 heteroatoms. The number of thiocarbonyl (C=S) groups is 1. The van der Waals surface area contributed by atoms with Crippen LogP contribution in [-0.2, 0) is 13.1 Å². The molecule has 150 valence electrons. The van der Waals surface area contributed by atoms with E-state index >= 15 is 0 Å². The molecule has 2 aromatic carbocycles. The van der Waals surface area contributed by atoms with Crippen LogP contribution in [-0.4, -0.2) is 50.9 Å².